The van der Waals surface area contributed by atoms with Crippen LogP contribution in [-0.4, -0.2) is 33.4 Å². The molecule has 5 nitrogen and oxygen atoms in total. The average molecular weight is 434 g/mol. The molecule has 0 N–H and O–H groups in total. The quantitative estimate of drug-likeness (QED) is 0.290. The van der Waals surface area contributed by atoms with Crippen molar-refractivity contribution >= 4 is 17.5 Å². The Morgan fingerprint density at radius 1 is 1.00 bits per heavy atom. The molecular formula is C24H20FN3O2S. The molecule has 1 aromatic heterocycles. The molecule has 0 aliphatic heterocycles. The molecule has 156 valence electrons. The molecular weight excluding hydrogens is 413 g/mol. The molecule has 3 aromatic carbocycles. The van der Waals surface area contributed by atoms with Crippen molar-refractivity contribution in [3.63, 3.8) is 0 Å². The largest absolute Gasteiger partial charge is 0.497 e. The predicted octanol–water partition coefficient (Wildman–Crippen LogP) is 5.37. The summed E-state index contributed by atoms with van der Waals surface area (Å²) >= 11 is 1.27. The Kier molecular flexibility index (Phi) is 6.13. The lowest BCUT2D eigenvalue weighted by atomic mass is 10.1. The van der Waals surface area contributed by atoms with Gasteiger partial charge in [0.25, 0.3) is 0 Å². The van der Waals surface area contributed by atoms with Crippen LogP contribution in [0, 0.1) is 12.7 Å². The van der Waals surface area contributed by atoms with Crippen LogP contribution in [0.3, 0.4) is 0 Å². The summed E-state index contributed by atoms with van der Waals surface area (Å²) < 4.78 is 21.5. The number of ether oxygens (including phenoxy) is 1. The molecule has 7 heteroatoms. The molecule has 0 spiro atoms. The summed E-state index contributed by atoms with van der Waals surface area (Å²) in [7, 11) is 1.58. The molecule has 0 saturated carbocycles. The molecule has 0 amide bonds. The Labute approximate surface area is 183 Å². The van der Waals surface area contributed by atoms with Gasteiger partial charge in [-0.2, -0.15) is 0 Å². The van der Waals surface area contributed by atoms with Crippen molar-refractivity contribution in [1.82, 2.24) is 14.8 Å². The maximum absolute atomic E-state index is 14.5. The monoisotopic (exact) mass is 433 g/mol. The summed E-state index contributed by atoms with van der Waals surface area (Å²) in [5.41, 5.74) is 2.77. The number of aromatic nitrogens is 3. The van der Waals surface area contributed by atoms with Gasteiger partial charge in [-0.25, -0.2) is 4.39 Å². The Hall–Kier alpha value is -3.45. The number of para-hydroxylation sites is 1. The lowest BCUT2D eigenvalue weighted by Crippen LogP contribution is -2.06. The SMILES string of the molecule is COc1ccc(C(=O)CSc2nnc(-c3ccccc3F)n2-c2ccccc2C)cc1. The third kappa shape index (κ3) is 4.36. The van der Waals surface area contributed by atoms with Crippen molar-refractivity contribution in [2.24, 2.45) is 0 Å². The van der Waals surface area contributed by atoms with Crippen molar-refractivity contribution < 1.29 is 13.9 Å². The first-order valence-electron chi connectivity index (χ1n) is 9.65. The number of hydrogen-bond acceptors (Lipinski definition) is 5. The van der Waals surface area contributed by atoms with Gasteiger partial charge < -0.3 is 4.74 Å². The van der Waals surface area contributed by atoms with Crippen LogP contribution in [0.15, 0.2) is 78.0 Å². The number of thioether (sulfide) groups is 1. The number of hydrogen-bond donors (Lipinski definition) is 0. The number of carbonyl (C=O) groups excluding carboxylic acids is 1. The van der Waals surface area contributed by atoms with E-state index in [4.69, 9.17) is 4.74 Å². The number of aryl methyl sites for hydroxylation is 1. The molecule has 0 saturated heterocycles. The summed E-state index contributed by atoms with van der Waals surface area (Å²) in [5.74, 6) is 0.841. The summed E-state index contributed by atoms with van der Waals surface area (Å²) in [6, 6.07) is 21.2. The topological polar surface area (TPSA) is 57.0 Å². The number of Topliss-reactive ketones (excluding diaryl/α,β-unsaturated/α-hetero) is 1. The highest BCUT2D eigenvalue weighted by atomic mass is 32.2. The van der Waals surface area contributed by atoms with Crippen molar-refractivity contribution in [3.8, 4) is 22.8 Å². The summed E-state index contributed by atoms with van der Waals surface area (Å²) in [5, 5.41) is 9.07. The molecule has 0 radical (unpaired) electrons. The molecule has 0 aliphatic carbocycles. The van der Waals surface area contributed by atoms with Crippen LogP contribution in [0.4, 0.5) is 4.39 Å². The van der Waals surface area contributed by atoms with Crippen molar-refractivity contribution in [2.45, 2.75) is 12.1 Å². The molecule has 0 bridgehead atoms. The van der Waals surface area contributed by atoms with Gasteiger partial charge in [0.15, 0.2) is 16.8 Å². The first-order chi connectivity index (χ1) is 15.1. The van der Waals surface area contributed by atoms with Crippen molar-refractivity contribution in [3.05, 3.63) is 89.7 Å². The van der Waals surface area contributed by atoms with Crippen LogP contribution >= 0.6 is 11.8 Å². The highest BCUT2D eigenvalue weighted by Crippen LogP contribution is 2.31. The lowest BCUT2D eigenvalue weighted by molar-refractivity contribution is 0.102. The van der Waals surface area contributed by atoms with E-state index in [1.807, 2.05) is 31.2 Å². The first-order valence-corrected chi connectivity index (χ1v) is 10.6. The Bertz CT molecular complexity index is 1220. The zero-order valence-electron chi connectivity index (χ0n) is 17.1. The van der Waals surface area contributed by atoms with Gasteiger partial charge in [0.05, 0.1) is 24.1 Å². The Morgan fingerprint density at radius 2 is 1.71 bits per heavy atom. The third-order valence-corrected chi connectivity index (χ3v) is 5.78. The van der Waals surface area contributed by atoms with Crippen molar-refractivity contribution in [2.75, 3.05) is 12.9 Å². The van der Waals surface area contributed by atoms with Gasteiger partial charge in [0, 0.05) is 5.56 Å². The van der Waals surface area contributed by atoms with Gasteiger partial charge in [-0.1, -0.05) is 42.1 Å². The van der Waals surface area contributed by atoms with Gasteiger partial charge in [-0.3, -0.25) is 9.36 Å². The van der Waals surface area contributed by atoms with Crippen LogP contribution in [-0.2, 0) is 0 Å². The normalized spacial score (nSPS) is 10.8. The number of ketones is 1. The second-order valence-electron chi connectivity index (χ2n) is 6.85. The van der Waals surface area contributed by atoms with Crippen LogP contribution in [0.2, 0.25) is 0 Å². The van der Waals surface area contributed by atoms with Gasteiger partial charge in [0.2, 0.25) is 0 Å². The van der Waals surface area contributed by atoms with Gasteiger partial charge in [0.1, 0.15) is 11.6 Å². The highest BCUT2D eigenvalue weighted by molar-refractivity contribution is 7.99. The maximum Gasteiger partial charge on any atom is 0.196 e. The van der Waals surface area contributed by atoms with Crippen LogP contribution in [0.25, 0.3) is 17.1 Å². The number of nitrogens with zero attached hydrogens (tertiary/aromatic N) is 3. The van der Waals surface area contributed by atoms with Gasteiger partial charge in [-0.05, 0) is 55.0 Å². The molecule has 31 heavy (non-hydrogen) atoms. The van der Waals surface area contributed by atoms with E-state index < -0.39 is 0 Å². The number of halogens is 1. The maximum atomic E-state index is 14.5. The predicted molar refractivity (Wildman–Crippen MR) is 120 cm³/mol. The Balaban J connectivity index is 1.68. The van der Waals surface area contributed by atoms with Gasteiger partial charge in [-0.15, -0.1) is 10.2 Å². The summed E-state index contributed by atoms with van der Waals surface area (Å²) in [6.07, 6.45) is 0. The molecule has 1 heterocycles. The highest BCUT2D eigenvalue weighted by Gasteiger charge is 2.20. The molecule has 0 unspecified atom stereocenters. The smallest absolute Gasteiger partial charge is 0.196 e. The molecule has 0 fully saturated rings. The van der Waals surface area contributed by atoms with E-state index in [1.54, 1.807) is 54.1 Å². The van der Waals surface area contributed by atoms with Crippen LogP contribution in [0.5, 0.6) is 5.75 Å². The van der Waals surface area contributed by atoms with Gasteiger partial charge >= 0.3 is 0 Å². The second kappa shape index (κ2) is 9.14. The lowest BCUT2D eigenvalue weighted by Gasteiger charge is -2.13. The summed E-state index contributed by atoms with van der Waals surface area (Å²) in [4.78, 5) is 12.7. The minimum Gasteiger partial charge on any atom is -0.497 e. The zero-order valence-corrected chi connectivity index (χ0v) is 17.9. The second-order valence-corrected chi connectivity index (χ2v) is 7.79. The minimum atomic E-state index is -0.379. The van der Waals surface area contributed by atoms with Crippen LogP contribution in [0.1, 0.15) is 15.9 Å². The molecule has 4 aromatic rings. The van der Waals surface area contributed by atoms with E-state index in [-0.39, 0.29) is 17.4 Å². The van der Waals surface area contributed by atoms with Crippen LogP contribution < -0.4 is 4.74 Å². The standard InChI is InChI=1S/C24H20FN3O2S/c1-16-7-3-6-10-21(16)28-23(19-8-4-5-9-20(19)25)26-27-24(28)31-15-22(29)17-11-13-18(30-2)14-12-17/h3-14H,15H2,1-2H3. The van der Waals surface area contributed by atoms with E-state index in [1.165, 1.54) is 17.8 Å². The fourth-order valence-electron chi connectivity index (χ4n) is 3.20. The molecule has 0 aliphatic rings. The third-order valence-electron chi connectivity index (χ3n) is 4.85. The average Bonchev–Trinajstić information content (AvgIpc) is 3.21. The fourth-order valence-corrected chi connectivity index (χ4v) is 4.04. The van der Waals surface area contributed by atoms with E-state index in [9.17, 15) is 9.18 Å². The van der Waals surface area contributed by atoms with E-state index >= 15 is 0 Å². The first kappa shape index (κ1) is 20.8. The minimum absolute atomic E-state index is 0.0422. The van der Waals surface area contributed by atoms with E-state index in [0.29, 0.717) is 27.9 Å². The number of rotatable bonds is 7. The number of carbonyl (C=O) groups is 1. The van der Waals surface area contributed by atoms with Crippen molar-refractivity contribution in [1.29, 1.82) is 0 Å². The number of benzene rings is 3. The zero-order chi connectivity index (χ0) is 21.8. The summed E-state index contributed by atoms with van der Waals surface area (Å²) in [6.45, 7) is 1.97. The van der Waals surface area contributed by atoms with E-state index in [0.717, 1.165) is 11.3 Å². The fraction of sp³-hybridized carbons (Fsp3) is 0.125. The number of methoxy groups -OCH3 is 1. The Morgan fingerprint density at radius 3 is 2.42 bits per heavy atom. The van der Waals surface area contributed by atoms with E-state index in [2.05, 4.69) is 10.2 Å². The molecule has 0 atom stereocenters. The molecule has 4 rings (SSSR count).